The number of phenolic OH excluding ortho intramolecular Hbond substituents is 1. The van der Waals surface area contributed by atoms with E-state index < -0.39 is 10.0 Å². The second-order valence-corrected chi connectivity index (χ2v) is 8.51. The maximum atomic E-state index is 12.8. The fraction of sp³-hybridized carbons (Fsp3) is 0. The summed E-state index contributed by atoms with van der Waals surface area (Å²) in [5, 5.41) is 13.1. The Labute approximate surface area is 172 Å². The Morgan fingerprint density at radius 3 is 2.55 bits per heavy atom. The van der Waals surface area contributed by atoms with Crippen LogP contribution in [-0.4, -0.2) is 19.4 Å². The van der Waals surface area contributed by atoms with E-state index in [1.54, 1.807) is 36.4 Å². The van der Waals surface area contributed by atoms with Gasteiger partial charge >= 0.3 is 0 Å². The van der Waals surface area contributed by atoms with Crippen LogP contribution in [0.3, 0.4) is 0 Å². The lowest BCUT2D eigenvalue weighted by atomic mass is 10.0. The Hall–Kier alpha value is -3.29. The number of fused-ring (bicyclic) bond motifs is 1. The number of halogens is 1. The van der Waals surface area contributed by atoms with Gasteiger partial charge in [-0.15, -0.1) is 0 Å². The van der Waals surface area contributed by atoms with E-state index in [4.69, 9.17) is 11.6 Å². The highest BCUT2D eigenvalue weighted by Crippen LogP contribution is 2.36. The average molecular weight is 427 g/mol. The van der Waals surface area contributed by atoms with E-state index in [9.17, 15) is 18.3 Å². The van der Waals surface area contributed by atoms with Crippen LogP contribution in [0.25, 0.3) is 11.6 Å². The number of nitrogens with one attached hydrogen (secondary N) is 2. The van der Waals surface area contributed by atoms with Gasteiger partial charge in [-0.2, -0.15) is 0 Å². The highest BCUT2D eigenvalue weighted by Gasteiger charge is 2.27. The molecule has 0 saturated heterocycles. The summed E-state index contributed by atoms with van der Waals surface area (Å²) in [6, 6.07) is 17.3. The molecule has 1 heterocycles. The SMILES string of the molecule is O=C1Nc2ccc(S(=O)(=O)Nc3cccc(Cl)c3)cc2/C1=C\c1ccccc1O. The van der Waals surface area contributed by atoms with E-state index in [0.29, 0.717) is 27.5 Å². The summed E-state index contributed by atoms with van der Waals surface area (Å²) < 4.78 is 28.1. The number of phenols is 1. The van der Waals surface area contributed by atoms with Gasteiger partial charge in [0, 0.05) is 27.4 Å². The predicted molar refractivity (Wildman–Crippen MR) is 113 cm³/mol. The molecule has 1 aliphatic heterocycles. The van der Waals surface area contributed by atoms with Crippen molar-refractivity contribution in [2.45, 2.75) is 4.90 Å². The Morgan fingerprint density at radius 2 is 1.79 bits per heavy atom. The minimum Gasteiger partial charge on any atom is -0.507 e. The Morgan fingerprint density at radius 1 is 1.00 bits per heavy atom. The molecular weight excluding hydrogens is 412 g/mol. The van der Waals surface area contributed by atoms with Gasteiger partial charge < -0.3 is 10.4 Å². The first-order valence-electron chi connectivity index (χ1n) is 8.57. The molecule has 0 spiro atoms. The first kappa shape index (κ1) is 19.0. The Balaban J connectivity index is 1.74. The van der Waals surface area contributed by atoms with Crippen molar-refractivity contribution in [3.05, 3.63) is 82.9 Å². The molecule has 0 aliphatic carbocycles. The van der Waals surface area contributed by atoms with Gasteiger partial charge in [-0.25, -0.2) is 8.42 Å². The van der Waals surface area contributed by atoms with Crippen LogP contribution >= 0.6 is 11.6 Å². The Bertz CT molecular complexity index is 1270. The molecule has 0 aromatic heterocycles. The second kappa shape index (κ2) is 7.27. The second-order valence-electron chi connectivity index (χ2n) is 6.39. The molecule has 0 atom stereocenters. The number of benzene rings is 3. The molecule has 0 saturated carbocycles. The quantitative estimate of drug-likeness (QED) is 0.541. The van der Waals surface area contributed by atoms with Crippen LogP contribution in [0.15, 0.2) is 71.6 Å². The van der Waals surface area contributed by atoms with Crippen molar-refractivity contribution in [3.8, 4) is 5.75 Å². The molecule has 1 amide bonds. The molecule has 0 radical (unpaired) electrons. The van der Waals surface area contributed by atoms with Crippen LogP contribution < -0.4 is 10.0 Å². The van der Waals surface area contributed by atoms with Crippen LogP contribution in [0.2, 0.25) is 5.02 Å². The van der Waals surface area contributed by atoms with Crippen LogP contribution in [-0.2, 0) is 14.8 Å². The fourth-order valence-electron chi connectivity index (χ4n) is 3.01. The summed E-state index contributed by atoms with van der Waals surface area (Å²) in [6.45, 7) is 0. The highest BCUT2D eigenvalue weighted by atomic mass is 35.5. The van der Waals surface area contributed by atoms with Crippen molar-refractivity contribution < 1.29 is 18.3 Å². The number of amides is 1. The molecule has 3 N–H and O–H groups in total. The number of anilines is 2. The lowest BCUT2D eigenvalue weighted by molar-refractivity contribution is -0.110. The lowest BCUT2D eigenvalue weighted by Crippen LogP contribution is -2.13. The van der Waals surface area contributed by atoms with Crippen molar-refractivity contribution in [2.24, 2.45) is 0 Å². The van der Waals surface area contributed by atoms with E-state index >= 15 is 0 Å². The summed E-state index contributed by atoms with van der Waals surface area (Å²) >= 11 is 5.91. The molecule has 0 unspecified atom stereocenters. The van der Waals surface area contributed by atoms with Crippen molar-refractivity contribution in [1.29, 1.82) is 0 Å². The first-order chi connectivity index (χ1) is 13.8. The number of hydrogen-bond acceptors (Lipinski definition) is 4. The van der Waals surface area contributed by atoms with E-state index in [-0.39, 0.29) is 22.1 Å². The number of sulfonamides is 1. The van der Waals surface area contributed by atoms with Gasteiger partial charge in [0.1, 0.15) is 5.75 Å². The van der Waals surface area contributed by atoms with Gasteiger partial charge in [-0.3, -0.25) is 9.52 Å². The van der Waals surface area contributed by atoms with Gasteiger partial charge in [0.05, 0.1) is 10.6 Å². The number of para-hydroxylation sites is 1. The van der Waals surface area contributed by atoms with E-state index in [1.807, 2.05) is 0 Å². The zero-order valence-corrected chi connectivity index (χ0v) is 16.5. The minimum absolute atomic E-state index is 0.00379. The predicted octanol–water partition coefficient (Wildman–Crippen LogP) is 4.34. The maximum Gasteiger partial charge on any atom is 0.261 e. The average Bonchev–Trinajstić information content (AvgIpc) is 2.98. The Kier molecular flexibility index (Phi) is 4.77. The third kappa shape index (κ3) is 3.83. The molecular formula is C21H15ClN2O4S. The summed E-state index contributed by atoms with van der Waals surface area (Å²) in [5.74, 6) is -0.353. The van der Waals surface area contributed by atoms with Gasteiger partial charge in [-0.1, -0.05) is 35.9 Å². The topological polar surface area (TPSA) is 95.5 Å². The molecule has 3 aromatic carbocycles. The van der Waals surface area contributed by atoms with Gasteiger partial charge in [0.25, 0.3) is 15.9 Å². The summed E-state index contributed by atoms with van der Waals surface area (Å²) in [6.07, 6.45) is 1.53. The van der Waals surface area contributed by atoms with Crippen molar-refractivity contribution in [3.63, 3.8) is 0 Å². The molecule has 146 valence electrons. The van der Waals surface area contributed by atoms with Gasteiger partial charge in [0.15, 0.2) is 0 Å². The molecule has 0 fully saturated rings. The molecule has 4 rings (SSSR count). The van der Waals surface area contributed by atoms with Crippen LogP contribution in [0.5, 0.6) is 5.75 Å². The molecule has 1 aliphatic rings. The van der Waals surface area contributed by atoms with Crippen LogP contribution in [0.4, 0.5) is 11.4 Å². The lowest BCUT2D eigenvalue weighted by Gasteiger charge is -2.10. The standard InChI is InChI=1S/C21H15ClN2O4S/c22-14-5-3-6-15(11-14)24-29(27,28)16-8-9-19-17(12-16)18(21(26)23-19)10-13-4-1-2-7-20(13)25/h1-12,24-25H,(H,23,26)/b18-10+. The third-order valence-electron chi connectivity index (χ3n) is 4.40. The molecule has 3 aromatic rings. The normalized spacial score (nSPS) is 14.5. The van der Waals surface area contributed by atoms with Gasteiger partial charge in [-0.05, 0) is 48.5 Å². The molecule has 8 heteroatoms. The van der Waals surface area contributed by atoms with E-state index in [0.717, 1.165) is 0 Å². The van der Waals surface area contributed by atoms with Crippen molar-refractivity contribution >= 4 is 50.6 Å². The van der Waals surface area contributed by atoms with Gasteiger partial charge in [0.2, 0.25) is 0 Å². The summed E-state index contributed by atoms with van der Waals surface area (Å²) in [7, 11) is -3.90. The maximum absolute atomic E-state index is 12.8. The number of hydrogen-bond donors (Lipinski definition) is 3. The number of carbonyl (C=O) groups excluding carboxylic acids is 1. The van der Waals surface area contributed by atoms with Crippen LogP contribution in [0.1, 0.15) is 11.1 Å². The largest absolute Gasteiger partial charge is 0.507 e. The first-order valence-corrected chi connectivity index (χ1v) is 10.4. The molecule has 6 nitrogen and oxygen atoms in total. The molecule has 29 heavy (non-hydrogen) atoms. The third-order valence-corrected chi connectivity index (χ3v) is 6.01. The van der Waals surface area contributed by atoms with E-state index in [2.05, 4.69) is 10.0 Å². The summed E-state index contributed by atoms with van der Waals surface area (Å²) in [4.78, 5) is 12.4. The zero-order valence-electron chi connectivity index (χ0n) is 14.9. The van der Waals surface area contributed by atoms with Crippen molar-refractivity contribution in [2.75, 3.05) is 10.0 Å². The fourth-order valence-corrected chi connectivity index (χ4v) is 4.27. The number of aromatic hydroxyl groups is 1. The highest BCUT2D eigenvalue weighted by molar-refractivity contribution is 7.92. The summed E-state index contributed by atoms with van der Waals surface area (Å²) in [5.41, 5.74) is 1.99. The van der Waals surface area contributed by atoms with Crippen molar-refractivity contribution in [1.82, 2.24) is 0 Å². The smallest absolute Gasteiger partial charge is 0.261 e. The van der Waals surface area contributed by atoms with Crippen LogP contribution in [0, 0.1) is 0 Å². The monoisotopic (exact) mass is 426 g/mol. The molecule has 0 bridgehead atoms. The minimum atomic E-state index is -3.90. The van der Waals surface area contributed by atoms with E-state index in [1.165, 1.54) is 36.4 Å². The zero-order chi connectivity index (χ0) is 20.6. The number of rotatable bonds is 4. The number of carbonyl (C=O) groups is 1.